The zero-order chi connectivity index (χ0) is 19.0. The summed E-state index contributed by atoms with van der Waals surface area (Å²) in [6, 6.07) is 0. The molecule has 0 N–H and O–H groups in total. The topological polar surface area (TPSA) is 50.8 Å². The number of rotatable bonds is 10. The summed E-state index contributed by atoms with van der Waals surface area (Å²) in [6.07, 6.45) is 9.62. The molecular formula is C21H40NO4. The Balaban J connectivity index is 1.83. The predicted octanol–water partition coefficient (Wildman–Crippen LogP) is 4.86. The first-order valence-electron chi connectivity index (χ1n) is 10.9. The average molecular weight is 371 g/mol. The van der Waals surface area contributed by atoms with Crippen molar-refractivity contribution in [3.8, 4) is 0 Å². The van der Waals surface area contributed by atoms with Crippen LogP contribution in [0.3, 0.4) is 0 Å². The fourth-order valence-corrected chi connectivity index (χ4v) is 4.72. The van der Waals surface area contributed by atoms with Gasteiger partial charge in [0.05, 0.1) is 23.8 Å². The van der Waals surface area contributed by atoms with E-state index in [4.69, 9.17) is 14.2 Å². The van der Waals surface area contributed by atoms with Crippen LogP contribution in [0.15, 0.2) is 0 Å². The number of nitrogens with zero attached hydrogens (tertiary/aromatic N) is 1. The molecule has 5 nitrogen and oxygen atoms in total. The first kappa shape index (κ1) is 22.1. The van der Waals surface area contributed by atoms with Crippen molar-refractivity contribution in [2.45, 2.75) is 115 Å². The fraction of sp³-hybridized carbons (Fsp3) is 1.00. The second-order valence-electron chi connectivity index (χ2n) is 8.08. The van der Waals surface area contributed by atoms with E-state index in [-0.39, 0.29) is 23.5 Å². The highest BCUT2D eigenvalue weighted by Crippen LogP contribution is 2.45. The average Bonchev–Trinajstić information content (AvgIpc) is 2.70. The van der Waals surface area contributed by atoms with Crippen LogP contribution in [0.4, 0.5) is 0 Å². The quantitative estimate of drug-likeness (QED) is 0.515. The van der Waals surface area contributed by atoms with Crippen molar-refractivity contribution in [3.63, 3.8) is 0 Å². The second-order valence-corrected chi connectivity index (χ2v) is 8.08. The van der Waals surface area contributed by atoms with Gasteiger partial charge in [-0.05, 0) is 64.2 Å². The molecule has 5 heteroatoms. The third-order valence-corrected chi connectivity index (χ3v) is 6.79. The maximum Gasteiger partial charge on any atom is 0.157 e. The van der Waals surface area contributed by atoms with Crippen LogP contribution in [0, 0.1) is 0 Å². The molecule has 0 aliphatic carbocycles. The summed E-state index contributed by atoms with van der Waals surface area (Å²) in [5.74, 6) is 0. The summed E-state index contributed by atoms with van der Waals surface area (Å²) >= 11 is 0. The van der Waals surface area contributed by atoms with Gasteiger partial charge in [-0.15, -0.1) is 10.3 Å². The number of hydrogen-bond donors (Lipinski definition) is 0. The third-order valence-electron chi connectivity index (χ3n) is 6.79. The third kappa shape index (κ3) is 4.99. The number of ether oxygens (including phenoxy) is 3. The van der Waals surface area contributed by atoms with Crippen LogP contribution >= 0.6 is 0 Å². The van der Waals surface area contributed by atoms with E-state index in [0.717, 1.165) is 64.4 Å². The summed E-state index contributed by atoms with van der Waals surface area (Å²) in [4.78, 5) is 0. The molecule has 2 aliphatic rings. The Labute approximate surface area is 160 Å². The van der Waals surface area contributed by atoms with Gasteiger partial charge >= 0.3 is 0 Å². The molecule has 0 aromatic carbocycles. The summed E-state index contributed by atoms with van der Waals surface area (Å²) in [5.41, 5.74) is -0.553. The van der Waals surface area contributed by atoms with Gasteiger partial charge in [-0.2, -0.15) is 0 Å². The zero-order valence-corrected chi connectivity index (χ0v) is 17.4. The van der Waals surface area contributed by atoms with Crippen LogP contribution in [0.25, 0.3) is 0 Å². The second kappa shape index (κ2) is 10.4. The van der Waals surface area contributed by atoms with E-state index in [2.05, 4.69) is 27.7 Å². The van der Waals surface area contributed by atoms with Gasteiger partial charge in [0.15, 0.2) is 6.29 Å². The molecule has 1 atom stereocenters. The first-order valence-corrected chi connectivity index (χ1v) is 10.9. The van der Waals surface area contributed by atoms with E-state index in [1.807, 2.05) is 0 Å². The van der Waals surface area contributed by atoms with Crippen molar-refractivity contribution in [2.24, 2.45) is 0 Å². The number of hydrogen-bond acceptors (Lipinski definition) is 4. The predicted molar refractivity (Wildman–Crippen MR) is 102 cm³/mol. The maximum absolute atomic E-state index is 13.2. The Morgan fingerprint density at radius 2 is 1.50 bits per heavy atom. The van der Waals surface area contributed by atoms with Crippen molar-refractivity contribution in [2.75, 3.05) is 19.8 Å². The first-order chi connectivity index (χ1) is 12.6. The van der Waals surface area contributed by atoms with Crippen LogP contribution in [0.1, 0.15) is 91.9 Å². The molecule has 0 aromatic heterocycles. The number of hydroxylamine groups is 2. The van der Waals surface area contributed by atoms with Gasteiger partial charge in [-0.25, -0.2) is 0 Å². The van der Waals surface area contributed by atoms with Gasteiger partial charge in [0.25, 0.3) is 0 Å². The molecule has 2 rings (SSSR count). The van der Waals surface area contributed by atoms with Crippen molar-refractivity contribution in [3.05, 3.63) is 0 Å². The van der Waals surface area contributed by atoms with Crippen molar-refractivity contribution >= 4 is 0 Å². The Bertz CT molecular complexity index is 367. The molecule has 1 unspecified atom stereocenters. The molecule has 0 bridgehead atoms. The van der Waals surface area contributed by atoms with E-state index in [1.165, 1.54) is 11.5 Å². The molecule has 2 heterocycles. The lowest BCUT2D eigenvalue weighted by atomic mass is 9.72. The minimum atomic E-state index is -0.276. The van der Waals surface area contributed by atoms with Crippen molar-refractivity contribution < 1.29 is 19.4 Å². The molecular weight excluding hydrogens is 330 g/mol. The highest BCUT2D eigenvalue weighted by Gasteiger charge is 2.52. The maximum atomic E-state index is 13.2. The van der Waals surface area contributed by atoms with E-state index < -0.39 is 0 Å². The lowest BCUT2D eigenvalue weighted by molar-refractivity contribution is -0.322. The molecule has 2 aliphatic heterocycles. The highest BCUT2D eigenvalue weighted by atomic mass is 16.7. The summed E-state index contributed by atoms with van der Waals surface area (Å²) in [7, 11) is 0. The minimum absolute atomic E-state index is 0.0203. The van der Waals surface area contributed by atoms with Gasteiger partial charge in [-0.3, -0.25) is 0 Å². The van der Waals surface area contributed by atoms with E-state index in [9.17, 15) is 5.21 Å². The SMILES string of the molecule is CCC1(CC)CC(OCCCOC2CCCCO2)CC(CC)(CC)N1[O]. The lowest BCUT2D eigenvalue weighted by Gasteiger charge is -2.54. The smallest absolute Gasteiger partial charge is 0.157 e. The van der Waals surface area contributed by atoms with Crippen LogP contribution in [-0.2, 0) is 19.4 Å². The molecule has 0 amide bonds. The van der Waals surface area contributed by atoms with Gasteiger partial charge in [0, 0.05) is 13.2 Å². The van der Waals surface area contributed by atoms with E-state index in [1.54, 1.807) is 0 Å². The summed E-state index contributed by atoms with van der Waals surface area (Å²) in [5, 5.41) is 14.7. The Morgan fingerprint density at radius 1 is 0.923 bits per heavy atom. The van der Waals surface area contributed by atoms with Crippen LogP contribution in [-0.4, -0.2) is 48.4 Å². The summed E-state index contributed by atoms with van der Waals surface area (Å²) in [6.45, 7) is 10.8. The van der Waals surface area contributed by atoms with Crippen LogP contribution in [0.5, 0.6) is 0 Å². The standard InChI is InChI=1S/C21H40NO4/c1-5-20(6-2)16-18(17-21(7-3,8-4)22(20)23)24-14-11-15-26-19-12-9-10-13-25-19/h18-19H,5-17H2,1-4H3. The van der Waals surface area contributed by atoms with Crippen LogP contribution in [0.2, 0.25) is 0 Å². The molecule has 26 heavy (non-hydrogen) atoms. The molecule has 0 spiro atoms. The summed E-state index contributed by atoms with van der Waals surface area (Å²) < 4.78 is 17.6. The normalized spacial score (nSPS) is 26.9. The molecule has 153 valence electrons. The molecule has 1 radical (unpaired) electrons. The van der Waals surface area contributed by atoms with Gasteiger partial charge in [-0.1, -0.05) is 27.7 Å². The van der Waals surface area contributed by atoms with E-state index >= 15 is 0 Å². The van der Waals surface area contributed by atoms with Gasteiger partial charge in [0.2, 0.25) is 0 Å². The Hall–Kier alpha value is -0.200. The molecule has 2 saturated heterocycles. The monoisotopic (exact) mass is 370 g/mol. The van der Waals surface area contributed by atoms with Gasteiger partial charge < -0.3 is 14.2 Å². The van der Waals surface area contributed by atoms with Crippen LogP contribution < -0.4 is 0 Å². The molecule has 2 fully saturated rings. The highest BCUT2D eigenvalue weighted by molar-refractivity contribution is 5.03. The Morgan fingerprint density at radius 3 is 2.00 bits per heavy atom. The van der Waals surface area contributed by atoms with Gasteiger partial charge in [0.1, 0.15) is 0 Å². The van der Waals surface area contributed by atoms with Crippen molar-refractivity contribution in [1.82, 2.24) is 5.06 Å². The molecule has 0 saturated carbocycles. The van der Waals surface area contributed by atoms with Crippen molar-refractivity contribution in [1.29, 1.82) is 0 Å². The largest absolute Gasteiger partial charge is 0.378 e. The minimum Gasteiger partial charge on any atom is -0.378 e. The Kier molecular flexibility index (Phi) is 8.81. The number of piperidine rings is 1. The lowest BCUT2D eigenvalue weighted by Crippen LogP contribution is -2.64. The fourth-order valence-electron chi connectivity index (χ4n) is 4.72. The molecule has 0 aromatic rings. The zero-order valence-electron chi connectivity index (χ0n) is 17.4. The van der Waals surface area contributed by atoms with E-state index in [0.29, 0.717) is 13.2 Å².